The first-order valence-corrected chi connectivity index (χ1v) is 5.47. The Hall–Kier alpha value is -2.48. The molecule has 0 saturated carbocycles. The van der Waals surface area contributed by atoms with Crippen molar-refractivity contribution in [3.63, 3.8) is 0 Å². The van der Waals surface area contributed by atoms with E-state index in [2.05, 4.69) is 20.0 Å². The third-order valence-corrected chi connectivity index (χ3v) is 2.42. The van der Waals surface area contributed by atoms with Gasteiger partial charge in [-0.2, -0.15) is 4.98 Å². The zero-order valence-corrected chi connectivity index (χ0v) is 10.2. The average Bonchev–Trinajstić information content (AvgIpc) is 2.91. The van der Waals surface area contributed by atoms with E-state index in [0.717, 1.165) is 5.56 Å². The fraction of sp³-hybridized carbons (Fsp3) is 0.273. The number of nitrogens with zero attached hydrogens (tertiary/aromatic N) is 3. The number of aromatic nitrogens is 2. The van der Waals surface area contributed by atoms with Gasteiger partial charge in [-0.25, -0.2) is 0 Å². The van der Waals surface area contributed by atoms with Crippen molar-refractivity contribution < 1.29 is 14.2 Å². The maximum absolute atomic E-state index is 10.8. The highest BCUT2D eigenvalue weighted by Crippen LogP contribution is 2.22. The summed E-state index contributed by atoms with van der Waals surface area (Å²) in [5.41, 5.74) is 0.741. The number of nitro benzene ring substituents is 1. The largest absolute Gasteiger partial charge is 0.496 e. The maximum Gasteiger partial charge on any atom is 0.273 e. The van der Waals surface area contributed by atoms with Crippen LogP contribution < -0.4 is 10.1 Å². The molecule has 0 radical (unpaired) electrons. The van der Waals surface area contributed by atoms with Crippen molar-refractivity contribution in [1.29, 1.82) is 0 Å². The molecule has 100 valence electrons. The third-order valence-electron chi connectivity index (χ3n) is 2.42. The van der Waals surface area contributed by atoms with Gasteiger partial charge in [-0.05, 0) is 11.6 Å². The molecule has 0 unspecified atom stereocenters. The van der Waals surface area contributed by atoms with Gasteiger partial charge in [0.15, 0.2) is 5.82 Å². The maximum atomic E-state index is 10.8. The summed E-state index contributed by atoms with van der Waals surface area (Å²) in [5, 5.41) is 17.5. The fourth-order valence-corrected chi connectivity index (χ4v) is 1.56. The van der Waals surface area contributed by atoms with E-state index in [4.69, 9.17) is 4.74 Å². The van der Waals surface area contributed by atoms with Gasteiger partial charge in [-0.15, -0.1) is 0 Å². The summed E-state index contributed by atoms with van der Waals surface area (Å²) < 4.78 is 9.62. The molecule has 1 aromatic carbocycles. The van der Waals surface area contributed by atoms with Crippen LogP contribution in [0.1, 0.15) is 11.4 Å². The molecule has 8 nitrogen and oxygen atoms in total. The number of non-ortho nitro benzene ring substituents is 1. The minimum atomic E-state index is -0.453. The quantitative estimate of drug-likeness (QED) is 0.619. The molecule has 2 rings (SSSR count). The first-order valence-electron chi connectivity index (χ1n) is 5.47. The Morgan fingerprint density at radius 3 is 2.89 bits per heavy atom. The Morgan fingerprint density at radius 2 is 2.26 bits per heavy atom. The summed E-state index contributed by atoms with van der Waals surface area (Å²) in [5.74, 6) is 0.975. The van der Waals surface area contributed by atoms with Crippen LogP contribution in [0.3, 0.4) is 0 Å². The van der Waals surface area contributed by atoms with Gasteiger partial charge in [-0.3, -0.25) is 10.1 Å². The van der Waals surface area contributed by atoms with Crippen molar-refractivity contribution in [3.05, 3.63) is 46.1 Å². The number of benzene rings is 1. The Bertz CT molecular complexity index is 556. The lowest BCUT2D eigenvalue weighted by molar-refractivity contribution is -0.385. The molecular weight excluding hydrogens is 252 g/mol. The van der Waals surface area contributed by atoms with Crippen molar-refractivity contribution in [2.24, 2.45) is 0 Å². The molecule has 0 saturated heterocycles. The molecule has 19 heavy (non-hydrogen) atoms. The highest BCUT2D eigenvalue weighted by atomic mass is 16.6. The smallest absolute Gasteiger partial charge is 0.273 e. The van der Waals surface area contributed by atoms with E-state index in [1.165, 1.54) is 25.6 Å². The van der Waals surface area contributed by atoms with Crippen LogP contribution in [0.15, 0.2) is 29.1 Å². The molecule has 0 aliphatic heterocycles. The van der Waals surface area contributed by atoms with E-state index >= 15 is 0 Å². The van der Waals surface area contributed by atoms with Crippen LogP contribution in [0.4, 0.5) is 5.69 Å². The molecule has 0 atom stereocenters. The fourth-order valence-electron chi connectivity index (χ4n) is 1.56. The lowest BCUT2D eigenvalue weighted by Crippen LogP contribution is -2.13. The molecule has 1 N–H and O–H groups in total. The summed E-state index contributed by atoms with van der Waals surface area (Å²) in [6.45, 7) is 0.855. The van der Waals surface area contributed by atoms with Gasteiger partial charge in [0.1, 0.15) is 5.75 Å². The van der Waals surface area contributed by atoms with Gasteiger partial charge in [0.2, 0.25) is 6.39 Å². The standard InChI is InChI=1S/C11H12N4O4/c1-18-10-3-8(2-9(4-10)15(16)17)5-12-6-11-13-7-19-14-11/h2-4,7,12H,5-6H2,1H3. The van der Waals surface area contributed by atoms with Crippen LogP contribution in [0.2, 0.25) is 0 Å². The van der Waals surface area contributed by atoms with E-state index in [1.54, 1.807) is 6.07 Å². The van der Waals surface area contributed by atoms with Crippen molar-refractivity contribution >= 4 is 5.69 Å². The second-order valence-electron chi connectivity index (χ2n) is 3.75. The monoisotopic (exact) mass is 264 g/mol. The normalized spacial score (nSPS) is 10.4. The highest BCUT2D eigenvalue weighted by molar-refractivity contribution is 5.42. The number of nitro groups is 1. The van der Waals surface area contributed by atoms with Gasteiger partial charge in [0.05, 0.1) is 24.6 Å². The van der Waals surface area contributed by atoms with Crippen molar-refractivity contribution in [3.8, 4) is 5.75 Å². The third kappa shape index (κ3) is 3.49. The molecule has 0 bridgehead atoms. The van der Waals surface area contributed by atoms with Crippen molar-refractivity contribution in [1.82, 2.24) is 15.5 Å². The SMILES string of the molecule is COc1cc(CNCc2ncon2)cc([N+](=O)[O-])c1. The summed E-state index contributed by atoms with van der Waals surface area (Å²) in [7, 11) is 1.47. The molecule has 1 aromatic heterocycles. The number of methoxy groups -OCH3 is 1. The molecule has 0 amide bonds. The average molecular weight is 264 g/mol. The zero-order chi connectivity index (χ0) is 13.7. The summed E-state index contributed by atoms with van der Waals surface area (Å²) >= 11 is 0. The first-order chi connectivity index (χ1) is 9.19. The molecule has 2 aromatic rings. The molecule has 0 aliphatic rings. The summed E-state index contributed by atoms with van der Waals surface area (Å²) in [6.07, 6.45) is 1.24. The van der Waals surface area contributed by atoms with E-state index in [0.29, 0.717) is 24.7 Å². The zero-order valence-electron chi connectivity index (χ0n) is 10.2. The van der Waals surface area contributed by atoms with Crippen molar-refractivity contribution in [2.45, 2.75) is 13.1 Å². The Balaban J connectivity index is 2.02. The van der Waals surface area contributed by atoms with Crippen LogP contribution in [0.5, 0.6) is 5.75 Å². The first kappa shape index (κ1) is 13.0. The molecule has 0 fully saturated rings. The van der Waals surface area contributed by atoms with Gasteiger partial charge in [-0.1, -0.05) is 5.16 Å². The van der Waals surface area contributed by atoms with Gasteiger partial charge < -0.3 is 14.6 Å². The predicted molar refractivity (Wildman–Crippen MR) is 64.5 cm³/mol. The lowest BCUT2D eigenvalue weighted by atomic mass is 10.2. The summed E-state index contributed by atoms with van der Waals surface area (Å²) in [6, 6.07) is 4.60. The minimum absolute atomic E-state index is 0.00397. The second-order valence-corrected chi connectivity index (χ2v) is 3.75. The second kappa shape index (κ2) is 5.91. The van der Waals surface area contributed by atoms with Crippen LogP contribution in [0, 0.1) is 10.1 Å². The lowest BCUT2D eigenvalue weighted by Gasteiger charge is -2.05. The number of hydrogen-bond donors (Lipinski definition) is 1. The Kier molecular flexibility index (Phi) is 4.04. The van der Waals surface area contributed by atoms with Gasteiger partial charge >= 0.3 is 0 Å². The van der Waals surface area contributed by atoms with Gasteiger partial charge in [0, 0.05) is 12.6 Å². The van der Waals surface area contributed by atoms with E-state index in [1.807, 2.05) is 0 Å². The number of ether oxygens (including phenoxy) is 1. The summed E-state index contributed by atoms with van der Waals surface area (Å²) in [4.78, 5) is 14.2. The topological polar surface area (TPSA) is 103 Å². The molecular formula is C11H12N4O4. The molecule has 8 heteroatoms. The van der Waals surface area contributed by atoms with E-state index < -0.39 is 4.92 Å². The minimum Gasteiger partial charge on any atom is -0.496 e. The Morgan fingerprint density at radius 1 is 1.42 bits per heavy atom. The molecule has 0 spiro atoms. The number of hydrogen-bond acceptors (Lipinski definition) is 7. The van der Waals surface area contributed by atoms with Crippen molar-refractivity contribution in [2.75, 3.05) is 7.11 Å². The van der Waals surface area contributed by atoms with E-state index in [9.17, 15) is 10.1 Å². The highest BCUT2D eigenvalue weighted by Gasteiger charge is 2.10. The van der Waals surface area contributed by atoms with Crippen LogP contribution in [0.25, 0.3) is 0 Å². The van der Waals surface area contributed by atoms with Crippen LogP contribution in [-0.2, 0) is 13.1 Å². The number of nitrogens with one attached hydrogen (secondary N) is 1. The predicted octanol–water partition coefficient (Wildman–Crippen LogP) is 1.28. The van der Waals surface area contributed by atoms with Crippen LogP contribution in [-0.4, -0.2) is 22.2 Å². The molecule has 1 heterocycles. The molecule has 0 aliphatic carbocycles. The van der Waals surface area contributed by atoms with Crippen LogP contribution >= 0.6 is 0 Å². The number of rotatable bonds is 6. The van der Waals surface area contributed by atoms with Gasteiger partial charge in [0.25, 0.3) is 5.69 Å². The Labute approximate surface area is 108 Å². The van der Waals surface area contributed by atoms with E-state index in [-0.39, 0.29) is 5.69 Å².